The van der Waals surface area contributed by atoms with Crippen molar-refractivity contribution < 1.29 is 22.4 Å². The Bertz CT molecular complexity index is 468. The molecule has 4 nitrogen and oxygen atoms in total. The molecule has 2 heterocycles. The average Bonchev–Trinajstić information content (AvgIpc) is 2.73. The molecule has 0 saturated carbocycles. The molecule has 0 aliphatic carbocycles. The van der Waals surface area contributed by atoms with Gasteiger partial charge in [-0.05, 0) is 6.42 Å². The van der Waals surface area contributed by atoms with E-state index in [2.05, 4.69) is 15.6 Å². The monoisotopic (exact) mass is 263 g/mol. The van der Waals surface area contributed by atoms with Crippen LogP contribution in [0.1, 0.15) is 12.8 Å². The minimum atomic E-state index is -1.72. The molecule has 1 fully saturated rings. The fourth-order valence-corrected chi connectivity index (χ4v) is 1.70. The number of carbonyl (C=O) groups excluding carboxylic acids is 1. The van der Waals surface area contributed by atoms with Crippen molar-refractivity contribution >= 4 is 11.6 Å². The Balaban J connectivity index is 2.11. The number of hydrogen-bond acceptors (Lipinski definition) is 3. The highest BCUT2D eigenvalue weighted by Gasteiger charge is 2.24. The Labute approximate surface area is 99.4 Å². The lowest BCUT2D eigenvalue weighted by atomic mass is 10.2. The molecule has 0 bridgehead atoms. The van der Waals surface area contributed by atoms with E-state index in [1.54, 1.807) is 0 Å². The number of amides is 1. The second-order valence-corrected chi connectivity index (χ2v) is 3.88. The van der Waals surface area contributed by atoms with Gasteiger partial charge in [0.25, 0.3) is 11.9 Å². The summed E-state index contributed by atoms with van der Waals surface area (Å²) in [6.07, 6.45) is 0.807. The minimum Gasteiger partial charge on any atom is -0.378 e. The molecule has 2 rings (SSSR count). The first kappa shape index (κ1) is 12.6. The van der Waals surface area contributed by atoms with Crippen molar-refractivity contribution in [1.29, 1.82) is 0 Å². The zero-order chi connectivity index (χ0) is 13.3. The summed E-state index contributed by atoms with van der Waals surface area (Å²) >= 11 is 0. The molecule has 1 aliphatic rings. The third kappa shape index (κ3) is 2.36. The first-order valence-corrected chi connectivity index (χ1v) is 5.22. The molecule has 2 N–H and O–H groups in total. The van der Waals surface area contributed by atoms with Crippen molar-refractivity contribution in [2.75, 3.05) is 11.9 Å². The summed E-state index contributed by atoms with van der Waals surface area (Å²) in [5.74, 6) is -6.77. The predicted octanol–water partition coefficient (Wildman–Crippen LogP) is 1.33. The molecule has 0 aromatic carbocycles. The Kier molecular flexibility index (Phi) is 3.35. The van der Waals surface area contributed by atoms with E-state index in [0.29, 0.717) is 12.8 Å². The second kappa shape index (κ2) is 4.79. The van der Waals surface area contributed by atoms with Crippen molar-refractivity contribution in [3.05, 3.63) is 23.5 Å². The highest BCUT2D eigenvalue weighted by molar-refractivity contribution is 5.78. The fraction of sp³-hybridized carbons (Fsp3) is 0.400. The summed E-state index contributed by atoms with van der Waals surface area (Å²) in [4.78, 5) is 13.3. The SMILES string of the molecule is O=C1CCC(CNc2c(F)c(F)nc(F)c2F)N1. The zero-order valence-electron chi connectivity index (χ0n) is 9.07. The van der Waals surface area contributed by atoms with Gasteiger partial charge in [-0.3, -0.25) is 4.79 Å². The van der Waals surface area contributed by atoms with E-state index in [4.69, 9.17) is 0 Å². The third-order valence-corrected chi connectivity index (χ3v) is 2.61. The Morgan fingerprint density at radius 2 is 1.83 bits per heavy atom. The van der Waals surface area contributed by atoms with Crippen LogP contribution in [0, 0.1) is 23.5 Å². The number of carbonyl (C=O) groups is 1. The molecule has 1 unspecified atom stereocenters. The van der Waals surface area contributed by atoms with Crippen molar-refractivity contribution in [2.24, 2.45) is 0 Å². The van der Waals surface area contributed by atoms with Gasteiger partial charge in [0.1, 0.15) is 5.69 Å². The van der Waals surface area contributed by atoms with Crippen LogP contribution in [0.5, 0.6) is 0 Å². The molecule has 1 aliphatic heterocycles. The van der Waals surface area contributed by atoms with E-state index < -0.39 is 29.2 Å². The number of nitrogens with zero attached hydrogens (tertiary/aromatic N) is 1. The highest BCUT2D eigenvalue weighted by Crippen LogP contribution is 2.22. The summed E-state index contributed by atoms with van der Waals surface area (Å²) < 4.78 is 52.0. The van der Waals surface area contributed by atoms with E-state index in [1.807, 2.05) is 0 Å². The topological polar surface area (TPSA) is 54.0 Å². The zero-order valence-corrected chi connectivity index (χ0v) is 9.07. The Morgan fingerprint density at radius 1 is 1.22 bits per heavy atom. The van der Waals surface area contributed by atoms with Crippen LogP contribution < -0.4 is 10.6 Å². The van der Waals surface area contributed by atoms with Gasteiger partial charge in [-0.15, -0.1) is 0 Å². The van der Waals surface area contributed by atoms with Crippen molar-refractivity contribution in [2.45, 2.75) is 18.9 Å². The van der Waals surface area contributed by atoms with Crippen LogP contribution in [-0.4, -0.2) is 23.5 Å². The van der Waals surface area contributed by atoms with Crippen LogP contribution in [-0.2, 0) is 4.79 Å². The number of halogens is 4. The van der Waals surface area contributed by atoms with Gasteiger partial charge in [-0.2, -0.15) is 22.5 Å². The van der Waals surface area contributed by atoms with Crippen molar-refractivity contribution in [3.63, 3.8) is 0 Å². The maximum atomic E-state index is 13.2. The molecular formula is C10H9F4N3O. The Morgan fingerprint density at radius 3 is 2.33 bits per heavy atom. The van der Waals surface area contributed by atoms with Crippen LogP contribution in [0.3, 0.4) is 0 Å². The quantitative estimate of drug-likeness (QED) is 0.639. The number of hydrogen-bond donors (Lipinski definition) is 2. The molecule has 98 valence electrons. The molecule has 8 heteroatoms. The number of nitrogens with one attached hydrogen (secondary N) is 2. The molecule has 1 aromatic heterocycles. The molecule has 18 heavy (non-hydrogen) atoms. The summed E-state index contributed by atoms with van der Waals surface area (Å²) in [6.45, 7) is -0.0253. The number of anilines is 1. The van der Waals surface area contributed by atoms with Crippen LogP contribution >= 0.6 is 0 Å². The van der Waals surface area contributed by atoms with E-state index in [1.165, 1.54) is 0 Å². The van der Waals surface area contributed by atoms with Crippen molar-refractivity contribution in [3.8, 4) is 0 Å². The lowest BCUT2D eigenvalue weighted by Gasteiger charge is -2.13. The van der Waals surface area contributed by atoms with Gasteiger partial charge in [0.2, 0.25) is 17.5 Å². The van der Waals surface area contributed by atoms with Gasteiger partial charge in [-0.25, -0.2) is 0 Å². The average molecular weight is 263 g/mol. The summed E-state index contributed by atoms with van der Waals surface area (Å²) in [5.41, 5.74) is -0.916. The maximum Gasteiger partial charge on any atom is 0.253 e. The lowest BCUT2D eigenvalue weighted by Crippen LogP contribution is -2.32. The predicted molar refractivity (Wildman–Crippen MR) is 53.7 cm³/mol. The fourth-order valence-electron chi connectivity index (χ4n) is 1.70. The van der Waals surface area contributed by atoms with E-state index in [-0.39, 0.29) is 18.5 Å². The van der Waals surface area contributed by atoms with Gasteiger partial charge in [0.15, 0.2) is 0 Å². The summed E-state index contributed by atoms with van der Waals surface area (Å²) in [6, 6.07) is -0.324. The van der Waals surface area contributed by atoms with E-state index in [0.717, 1.165) is 0 Å². The minimum absolute atomic E-state index is 0.0253. The van der Waals surface area contributed by atoms with E-state index >= 15 is 0 Å². The maximum absolute atomic E-state index is 13.2. The number of pyridine rings is 1. The smallest absolute Gasteiger partial charge is 0.253 e. The first-order valence-electron chi connectivity index (χ1n) is 5.22. The first-order chi connectivity index (χ1) is 8.49. The van der Waals surface area contributed by atoms with Crippen LogP contribution in [0.2, 0.25) is 0 Å². The van der Waals surface area contributed by atoms with Crippen LogP contribution in [0.15, 0.2) is 0 Å². The molecule has 0 spiro atoms. The van der Waals surface area contributed by atoms with Gasteiger partial charge < -0.3 is 10.6 Å². The van der Waals surface area contributed by atoms with Gasteiger partial charge in [0.05, 0.1) is 0 Å². The van der Waals surface area contributed by atoms with E-state index in [9.17, 15) is 22.4 Å². The lowest BCUT2D eigenvalue weighted by molar-refractivity contribution is -0.119. The van der Waals surface area contributed by atoms with Gasteiger partial charge in [0, 0.05) is 19.0 Å². The van der Waals surface area contributed by atoms with Crippen molar-refractivity contribution in [1.82, 2.24) is 10.3 Å². The molecule has 1 saturated heterocycles. The number of rotatable bonds is 3. The Hall–Kier alpha value is -1.86. The largest absolute Gasteiger partial charge is 0.378 e. The van der Waals surface area contributed by atoms with Crippen LogP contribution in [0.4, 0.5) is 23.2 Å². The van der Waals surface area contributed by atoms with Gasteiger partial charge in [-0.1, -0.05) is 0 Å². The molecular weight excluding hydrogens is 254 g/mol. The number of aromatic nitrogens is 1. The molecule has 0 radical (unpaired) electrons. The molecule has 1 aromatic rings. The third-order valence-electron chi connectivity index (χ3n) is 2.61. The summed E-state index contributed by atoms with van der Waals surface area (Å²) in [5, 5.41) is 4.78. The molecule has 1 amide bonds. The standard InChI is InChI=1S/C10H9F4N3O/c11-6-8(7(12)10(14)17-9(6)13)15-3-4-1-2-5(18)16-4/h4H,1-3H2,(H,15,17)(H,16,18). The van der Waals surface area contributed by atoms with Gasteiger partial charge >= 0.3 is 0 Å². The van der Waals surface area contributed by atoms with Crippen LogP contribution in [0.25, 0.3) is 0 Å². The summed E-state index contributed by atoms with van der Waals surface area (Å²) in [7, 11) is 0. The second-order valence-electron chi connectivity index (χ2n) is 3.88. The normalized spacial score (nSPS) is 18.9. The highest BCUT2D eigenvalue weighted by atomic mass is 19.2. The molecule has 1 atom stereocenters.